The van der Waals surface area contributed by atoms with Crippen molar-refractivity contribution >= 4 is 33.2 Å². The van der Waals surface area contributed by atoms with Gasteiger partial charge in [-0.1, -0.05) is 6.07 Å². The van der Waals surface area contributed by atoms with Crippen LogP contribution in [0.5, 0.6) is 5.75 Å². The number of halogens is 1. The van der Waals surface area contributed by atoms with Crippen LogP contribution >= 0.6 is 27.3 Å². The summed E-state index contributed by atoms with van der Waals surface area (Å²) in [6, 6.07) is 3.74. The molecule has 0 aliphatic carbocycles. The predicted molar refractivity (Wildman–Crippen MR) is 71.9 cm³/mol. The minimum atomic E-state index is -0.396. The maximum atomic E-state index is 11.5. The number of esters is 1. The van der Waals surface area contributed by atoms with Crippen molar-refractivity contribution in [1.29, 1.82) is 0 Å². The number of hydrogen-bond acceptors (Lipinski definition) is 5. The summed E-state index contributed by atoms with van der Waals surface area (Å²) in [5, 5.41) is 1.80. The highest BCUT2D eigenvalue weighted by atomic mass is 79.9. The number of methoxy groups -OCH3 is 1. The molecule has 0 aliphatic heterocycles. The third-order valence-electron chi connectivity index (χ3n) is 2.18. The zero-order chi connectivity index (χ0) is 13.0. The Bertz CT molecular complexity index is 542. The minimum absolute atomic E-state index is 0.354. The molecule has 2 heterocycles. The number of thiophene rings is 1. The van der Waals surface area contributed by atoms with E-state index >= 15 is 0 Å². The van der Waals surface area contributed by atoms with Crippen molar-refractivity contribution in [2.75, 3.05) is 7.11 Å². The second-order valence-electron chi connectivity index (χ2n) is 3.38. The number of pyridine rings is 1. The molecule has 0 atom stereocenters. The van der Waals surface area contributed by atoms with Crippen molar-refractivity contribution in [3.63, 3.8) is 0 Å². The lowest BCUT2D eigenvalue weighted by Gasteiger charge is -2.07. The monoisotopic (exact) mass is 327 g/mol. The normalized spacial score (nSPS) is 10.1. The van der Waals surface area contributed by atoms with E-state index < -0.39 is 5.97 Å². The fourth-order valence-electron chi connectivity index (χ4n) is 1.33. The molecule has 0 spiro atoms. The van der Waals surface area contributed by atoms with Crippen LogP contribution < -0.4 is 4.74 Å². The zero-order valence-electron chi connectivity index (χ0n) is 9.55. The Hall–Kier alpha value is -1.40. The molecule has 6 heteroatoms. The predicted octanol–water partition coefficient (Wildman–Crippen LogP) is 3.27. The molecule has 0 saturated carbocycles. The van der Waals surface area contributed by atoms with Gasteiger partial charge in [0, 0.05) is 23.3 Å². The van der Waals surface area contributed by atoms with Gasteiger partial charge in [0.15, 0.2) is 10.6 Å². The van der Waals surface area contributed by atoms with Crippen LogP contribution in [-0.4, -0.2) is 18.1 Å². The second-order valence-corrected chi connectivity index (χ2v) is 5.12. The number of hydrogen-bond donors (Lipinski definition) is 0. The lowest BCUT2D eigenvalue weighted by molar-refractivity contribution is 0.0601. The fraction of sp³-hybridized carbons (Fsp3) is 0.167. The number of carbonyl (C=O) groups is 1. The van der Waals surface area contributed by atoms with Gasteiger partial charge in [-0.3, -0.25) is 4.98 Å². The smallest absolute Gasteiger partial charge is 0.351 e. The maximum Gasteiger partial charge on any atom is 0.351 e. The molecule has 18 heavy (non-hydrogen) atoms. The van der Waals surface area contributed by atoms with Crippen LogP contribution in [0, 0.1) is 0 Å². The van der Waals surface area contributed by atoms with Crippen molar-refractivity contribution < 1.29 is 14.3 Å². The lowest BCUT2D eigenvalue weighted by Crippen LogP contribution is -2.03. The van der Waals surface area contributed by atoms with Crippen LogP contribution in [0.3, 0.4) is 0 Å². The molecule has 0 amide bonds. The van der Waals surface area contributed by atoms with Crippen LogP contribution in [-0.2, 0) is 11.3 Å². The van der Waals surface area contributed by atoms with Crippen molar-refractivity contribution in [1.82, 2.24) is 4.98 Å². The molecule has 4 nitrogen and oxygen atoms in total. The van der Waals surface area contributed by atoms with Gasteiger partial charge in [0.2, 0.25) is 0 Å². The first kappa shape index (κ1) is 13.0. The van der Waals surface area contributed by atoms with Gasteiger partial charge in [-0.05, 0) is 22.0 Å². The van der Waals surface area contributed by atoms with E-state index in [0.29, 0.717) is 17.2 Å². The molecule has 0 N–H and O–H groups in total. The van der Waals surface area contributed by atoms with Gasteiger partial charge in [-0.2, -0.15) is 0 Å². The maximum absolute atomic E-state index is 11.5. The van der Waals surface area contributed by atoms with Crippen molar-refractivity contribution in [3.8, 4) is 5.75 Å². The third-order valence-corrected chi connectivity index (χ3v) is 4.01. The van der Waals surface area contributed by atoms with Gasteiger partial charge in [-0.25, -0.2) is 4.79 Å². The summed E-state index contributed by atoms with van der Waals surface area (Å²) in [4.78, 5) is 16.0. The summed E-state index contributed by atoms with van der Waals surface area (Å²) < 4.78 is 11.1. The summed E-state index contributed by atoms with van der Waals surface area (Å²) in [6.45, 7) is 0.354. The summed E-state index contributed by atoms with van der Waals surface area (Å²) >= 11 is 4.63. The van der Waals surface area contributed by atoms with Gasteiger partial charge >= 0.3 is 5.97 Å². The first-order valence-corrected chi connectivity index (χ1v) is 6.76. The molecule has 2 aromatic heterocycles. The summed E-state index contributed by atoms with van der Waals surface area (Å²) in [5.41, 5.74) is 0.936. The van der Waals surface area contributed by atoms with E-state index in [9.17, 15) is 4.79 Å². The van der Waals surface area contributed by atoms with Crippen LogP contribution in [0.2, 0.25) is 0 Å². The Morgan fingerprint density at radius 3 is 3.06 bits per heavy atom. The van der Waals surface area contributed by atoms with Gasteiger partial charge in [0.1, 0.15) is 6.61 Å². The Kier molecular flexibility index (Phi) is 4.33. The highest BCUT2D eigenvalue weighted by Crippen LogP contribution is 2.36. The van der Waals surface area contributed by atoms with E-state index in [4.69, 9.17) is 9.47 Å². The van der Waals surface area contributed by atoms with E-state index in [2.05, 4.69) is 20.9 Å². The van der Waals surface area contributed by atoms with Crippen LogP contribution in [0.4, 0.5) is 0 Å². The summed E-state index contributed by atoms with van der Waals surface area (Å²) in [6.07, 6.45) is 3.42. The summed E-state index contributed by atoms with van der Waals surface area (Å²) in [7, 11) is 1.35. The Morgan fingerprint density at radius 1 is 1.56 bits per heavy atom. The average molecular weight is 328 g/mol. The van der Waals surface area contributed by atoms with Gasteiger partial charge in [0.25, 0.3) is 0 Å². The van der Waals surface area contributed by atoms with Gasteiger partial charge in [0.05, 0.1) is 11.6 Å². The first-order chi connectivity index (χ1) is 8.72. The van der Waals surface area contributed by atoms with Crippen LogP contribution in [0.25, 0.3) is 0 Å². The minimum Gasteiger partial charge on any atom is -0.486 e. The SMILES string of the molecule is COC(=O)c1scc(Br)c1OCc1cccnc1. The molecule has 0 fully saturated rings. The molecule has 0 aliphatic rings. The number of nitrogens with zero attached hydrogens (tertiary/aromatic N) is 1. The van der Waals surface area contributed by atoms with E-state index in [1.165, 1.54) is 18.4 Å². The average Bonchev–Trinajstić information content (AvgIpc) is 2.78. The Balaban J connectivity index is 2.14. The van der Waals surface area contributed by atoms with E-state index in [0.717, 1.165) is 10.0 Å². The highest BCUT2D eigenvalue weighted by molar-refractivity contribution is 9.10. The first-order valence-electron chi connectivity index (χ1n) is 5.09. The lowest BCUT2D eigenvalue weighted by atomic mass is 10.3. The molecule has 0 radical (unpaired) electrons. The zero-order valence-corrected chi connectivity index (χ0v) is 12.0. The van der Waals surface area contributed by atoms with Crippen molar-refractivity contribution in [2.45, 2.75) is 6.61 Å². The standard InChI is InChI=1S/C12H10BrNO3S/c1-16-12(15)11-10(9(13)7-18-11)17-6-8-3-2-4-14-5-8/h2-5,7H,6H2,1H3. The van der Waals surface area contributed by atoms with E-state index in [1.807, 2.05) is 12.1 Å². The molecular weight excluding hydrogens is 318 g/mol. The molecule has 0 saturated heterocycles. The molecule has 0 aromatic carbocycles. The molecule has 2 aromatic rings. The largest absolute Gasteiger partial charge is 0.486 e. The Labute approximate surface area is 117 Å². The highest BCUT2D eigenvalue weighted by Gasteiger charge is 2.19. The number of carbonyl (C=O) groups excluding carboxylic acids is 1. The number of aromatic nitrogens is 1. The Morgan fingerprint density at radius 2 is 2.39 bits per heavy atom. The van der Waals surface area contributed by atoms with E-state index in [-0.39, 0.29) is 0 Å². The number of rotatable bonds is 4. The third kappa shape index (κ3) is 2.88. The van der Waals surface area contributed by atoms with Crippen molar-refractivity contribution in [2.24, 2.45) is 0 Å². The fourth-order valence-corrected chi connectivity index (χ4v) is 2.84. The molecule has 2 rings (SSSR count). The molecule has 94 valence electrons. The van der Waals surface area contributed by atoms with Gasteiger partial charge < -0.3 is 9.47 Å². The second kappa shape index (κ2) is 5.97. The van der Waals surface area contributed by atoms with Crippen molar-refractivity contribution in [3.05, 3.63) is 44.8 Å². The van der Waals surface area contributed by atoms with Crippen LogP contribution in [0.1, 0.15) is 15.2 Å². The molecule has 0 bridgehead atoms. The van der Waals surface area contributed by atoms with E-state index in [1.54, 1.807) is 17.8 Å². The number of ether oxygens (including phenoxy) is 2. The van der Waals surface area contributed by atoms with Gasteiger partial charge in [-0.15, -0.1) is 11.3 Å². The summed E-state index contributed by atoms with van der Waals surface area (Å²) in [5.74, 6) is 0.114. The van der Waals surface area contributed by atoms with Crippen LogP contribution in [0.15, 0.2) is 34.4 Å². The quantitative estimate of drug-likeness (QED) is 0.808. The topological polar surface area (TPSA) is 48.4 Å². The molecular formula is C12H10BrNO3S. The molecule has 0 unspecified atom stereocenters.